The average molecular weight is 502 g/mol. The minimum atomic E-state index is -4.25. The molecule has 0 aliphatic rings. The van der Waals surface area contributed by atoms with Gasteiger partial charge in [-0.25, -0.2) is 17.2 Å². The van der Waals surface area contributed by atoms with Gasteiger partial charge in [-0.15, -0.1) is 0 Å². The Balaban J connectivity index is 1.83. The number of rotatable bonds is 5. The van der Waals surface area contributed by atoms with Gasteiger partial charge in [0.25, 0.3) is 15.9 Å². The van der Waals surface area contributed by atoms with Crippen LogP contribution in [-0.2, 0) is 10.0 Å². The monoisotopic (exact) mass is 500 g/mol. The predicted molar refractivity (Wildman–Crippen MR) is 111 cm³/mol. The largest absolute Gasteiger partial charge is 0.319 e. The van der Waals surface area contributed by atoms with Gasteiger partial charge in [-0.05, 0) is 48.5 Å². The highest BCUT2D eigenvalue weighted by atomic mass is 79.9. The van der Waals surface area contributed by atoms with Crippen molar-refractivity contribution in [3.8, 4) is 0 Å². The van der Waals surface area contributed by atoms with Crippen LogP contribution in [0, 0.1) is 11.6 Å². The number of amides is 1. The Hall–Kier alpha value is -2.49. The quantitative estimate of drug-likeness (QED) is 0.489. The molecule has 0 saturated heterocycles. The molecule has 0 spiro atoms. The van der Waals surface area contributed by atoms with Gasteiger partial charge in [0.1, 0.15) is 11.6 Å². The van der Waals surface area contributed by atoms with Crippen molar-refractivity contribution in [1.29, 1.82) is 0 Å². The van der Waals surface area contributed by atoms with E-state index in [2.05, 4.69) is 26.0 Å². The van der Waals surface area contributed by atoms with Crippen molar-refractivity contribution in [3.63, 3.8) is 0 Å². The van der Waals surface area contributed by atoms with Crippen LogP contribution in [-0.4, -0.2) is 14.3 Å². The van der Waals surface area contributed by atoms with E-state index < -0.39 is 32.5 Å². The average Bonchev–Trinajstić information content (AvgIpc) is 2.66. The van der Waals surface area contributed by atoms with Gasteiger partial charge in [0.2, 0.25) is 0 Å². The van der Waals surface area contributed by atoms with Gasteiger partial charge in [0.15, 0.2) is 0 Å². The number of sulfonamides is 1. The first-order valence-electron chi connectivity index (χ1n) is 8.01. The van der Waals surface area contributed by atoms with E-state index in [0.717, 1.165) is 24.3 Å². The van der Waals surface area contributed by atoms with Crippen molar-refractivity contribution in [2.24, 2.45) is 0 Å². The van der Waals surface area contributed by atoms with Crippen LogP contribution >= 0.6 is 27.5 Å². The molecule has 150 valence electrons. The normalized spacial score (nSPS) is 11.2. The molecule has 0 unspecified atom stereocenters. The smallest absolute Gasteiger partial charge is 0.262 e. The molecule has 0 fully saturated rings. The van der Waals surface area contributed by atoms with Crippen molar-refractivity contribution in [2.45, 2.75) is 4.90 Å². The summed E-state index contributed by atoms with van der Waals surface area (Å²) in [6.07, 6.45) is 0. The van der Waals surface area contributed by atoms with Crippen molar-refractivity contribution in [3.05, 3.63) is 87.4 Å². The van der Waals surface area contributed by atoms with Gasteiger partial charge >= 0.3 is 0 Å². The molecule has 29 heavy (non-hydrogen) atoms. The first-order chi connectivity index (χ1) is 13.7. The highest BCUT2D eigenvalue weighted by Crippen LogP contribution is 2.25. The molecule has 0 aromatic heterocycles. The topological polar surface area (TPSA) is 75.3 Å². The second-order valence-corrected chi connectivity index (χ2v) is 8.81. The van der Waals surface area contributed by atoms with E-state index in [1.165, 1.54) is 24.3 Å². The first kappa shape index (κ1) is 21.2. The number of anilines is 2. The van der Waals surface area contributed by atoms with Crippen LogP contribution in [0.2, 0.25) is 5.02 Å². The number of hydrogen-bond acceptors (Lipinski definition) is 3. The van der Waals surface area contributed by atoms with E-state index in [1.807, 2.05) is 0 Å². The Morgan fingerprint density at radius 1 is 0.931 bits per heavy atom. The molecule has 0 atom stereocenters. The third kappa shape index (κ3) is 4.92. The van der Waals surface area contributed by atoms with Gasteiger partial charge in [-0.1, -0.05) is 39.7 Å². The zero-order valence-electron chi connectivity index (χ0n) is 14.4. The molecule has 3 rings (SSSR count). The molecule has 0 aliphatic carbocycles. The van der Waals surface area contributed by atoms with E-state index in [1.54, 1.807) is 12.1 Å². The molecule has 3 aromatic carbocycles. The molecule has 3 aromatic rings. The van der Waals surface area contributed by atoms with Crippen molar-refractivity contribution in [2.75, 3.05) is 10.0 Å². The summed E-state index contributed by atoms with van der Waals surface area (Å²) in [4.78, 5) is 11.8. The molecule has 0 bridgehead atoms. The fraction of sp³-hybridized carbons (Fsp3) is 0. The van der Waals surface area contributed by atoms with Crippen LogP contribution in [0.5, 0.6) is 0 Å². The molecule has 1 amide bonds. The van der Waals surface area contributed by atoms with Crippen LogP contribution in [0.1, 0.15) is 10.4 Å². The Bertz CT molecular complexity index is 1210. The summed E-state index contributed by atoms with van der Waals surface area (Å²) < 4.78 is 55.6. The van der Waals surface area contributed by atoms with Crippen LogP contribution < -0.4 is 10.0 Å². The maximum Gasteiger partial charge on any atom is 0.262 e. The summed E-state index contributed by atoms with van der Waals surface area (Å²) >= 11 is 9.00. The minimum absolute atomic E-state index is 0.137. The molecule has 2 N–H and O–H groups in total. The van der Waals surface area contributed by atoms with Crippen molar-refractivity contribution in [1.82, 2.24) is 0 Å². The van der Waals surface area contributed by atoms with Crippen LogP contribution in [0.15, 0.2) is 70.0 Å². The number of benzene rings is 3. The van der Waals surface area contributed by atoms with E-state index >= 15 is 0 Å². The maximum atomic E-state index is 14.4. The van der Waals surface area contributed by atoms with Crippen LogP contribution in [0.4, 0.5) is 20.2 Å². The van der Waals surface area contributed by atoms with Gasteiger partial charge < -0.3 is 5.32 Å². The number of carbonyl (C=O) groups is 1. The minimum Gasteiger partial charge on any atom is -0.319 e. The highest BCUT2D eigenvalue weighted by Gasteiger charge is 2.19. The second kappa shape index (κ2) is 8.48. The molecular formula is C19H12BrClF2N2O3S. The molecule has 0 radical (unpaired) electrons. The lowest BCUT2D eigenvalue weighted by atomic mass is 10.2. The lowest BCUT2D eigenvalue weighted by Crippen LogP contribution is -2.16. The standard InChI is InChI=1S/C19H12BrClF2N2O3S/c20-11-5-7-18(15(22)9-11)25-29(27,28)12-6-8-17(16(23)10-12)24-19(26)13-3-1-2-4-14(13)21/h1-10,25H,(H,24,26). The van der Waals surface area contributed by atoms with Crippen LogP contribution in [0.25, 0.3) is 0 Å². The number of hydrogen-bond donors (Lipinski definition) is 2. The maximum absolute atomic E-state index is 14.4. The van der Waals surface area contributed by atoms with E-state index in [0.29, 0.717) is 4.47 Å². The molecule has 0 aliphatic heterocycles. The number of carbonyl (C=O) groups excluding carboxylic acids is 1. The van der Waals surface area contributed by atoms with E-state index in [9.17, 15) is 22.0 Å². The fourth-order valence-electron chi connectivity index (χ4n) is 2.38. The summed E-state index contributed by atoms with van der Waals surface area (Å²) in [5, 5.41) is 2.52. The zero-order chi connectivity index (χ0) is 21.2. The van der Waals surface area contributed by atoms with Crippen molar-refractivity contribution < 1.29 is 22.0 Å². The Labute approximate surface area is 178 Å². The van der Waals surface area contributed by atoms with E-state index in [-0.39, 0.29) is 22.0 Å². The predicted octanol–water partition coefficient (Wildman–Crippen LogP) is 5.43. The summed E-state index contributed by atoms with van der Waals surface area (Å²) in [6.45, 7) is 0. The SMILES string of the molecule is O=C(Nc1ccc(S(=O)(=O)Nc2ccc(Br)cc2F)cc1F)c1ccccc1Cl. The lowest BCUT2D eigenvalue weighted by molar-refractivity contribution is 0.102. The molecule has 0 saturated carbocycles. The van der Waals surface area contributed by atoms with Gasteiger partial charge in [-0.2, -0.15) is 0 Å². The first-order valence-corrected chi connectivity index (χ1v) is 10.7. The Kier molecular flexibility index (Phi) is 6.21. The molecule has 5 nitrogen and oxygen atoms in total. The zero-order valence-corrected chi connectivity index (χ0v) is 17.6. The molecular weight excluding hydrogens is 490 g/mol. The Morgan fingerprint density at radius 3 is 2.24 bits per heavy atom. The summed E-state index contributed by atoms with van der Waals surface area (Å²) in [5.74, 6) is -2.43. The fourth-order valence-corrected chi connectivity index (χ4v) is 4.01. The summed E-state index contributed by atoms with van der Waals surface area (Å²) in [7, 11) is -4.25. The van der Waals surface area contributed by atoms with Gasteiger partial charge in [0.05, 0.1) is 26.9 Å². The van der Waals surface area contributed by atoms with Crippen molar-refractivity contribution >= 4 is 54.8 Å². The van der Waals surface area contributed by atoms with Gasteiger partial charge in [0, 0.05) is 4.47 Å². The third-order valence-electron chi connectivity index (χ3n) is 3.79. The number of halogens is 4. The number of nitrogens with one attached hydrogen (secondary N) is 2. The summed E-state index contributed by atoms with van der Waals surface area (Å²) in [5.41, 5.74) is -0.383. The third-order valence-corrected chi connectivity index (χ3v) is 5.98. The second-order valence-electron chi connectivity index (χ2n) is 5.81. The Morgan fingerprint density at radius 2 is 1.59 bits per heavy atom. The highest BCUT2D eigenvalue weighted by molar-refractivity contribution is 9.10. The molecule has 10 heteroatoms. The van der Waals surface area contributed by atoms with E-state index in [4.69, 9.17) is 11.6 Å². The molecule has 0 heterocycles. The van der Waals surface area contributed by atoms with Gasteiger partial charge in [-0.3, -0.25) is 9.52 Å². The summed E-state index contributed by atoms with van der Waals surface area (Å²) in [6, 6.07) is 12.9. The lowest BCUT2D eigenvalue weighted by Gasteiger charge is -2.11. The van der Waals surface area contributed by atoms with Crippen LogP contribution in [0.3, 0.4) is 0 Å².